The van der Waals surface area contributed by atoms with E-state index >= 15 is 0 Å². The van der Waals surface area contributed by atoms with Gasteiger partial charge >= 0.3 is 5.97 Å². The minimum Gasteiger partial charge on any atom is -0.481 e. The van der Waals surface area contributed by atoms with Gasteiger partial charge in [-0.3, -0.25) is 4.79 Å². The third-order valence-electron chi connectivity index (χ3n) is 16.5. The molecule has 282 valence electrons. The zero-order valence-corrected chi connectivity index (χ0v) is 33.6. The minimum absolute atomic E-state index is 0.103. The van der Waals surface area contributed by atoms with Crippen LogP contribution in [-0.4, -0.2) is 62.3 Å². The fraction of sp³-hybridized carbons (Fsp3) is 0.805. The third kappa shape index (κ3) is 5.22. The highest BCUT2D eigenvalue weighted by molar-refractivity contribution is 7.13. The molecule has 0 spiro atoms. The number of fused-ring (bicyclic) bond motifs is 3. The van der Waals surface area contributed by atoms with E-state index in [1.807, 2.05) is 11.6 Å². The molecule has 0 aromatic carbocycles. The van der Waals surface area contributed by atoms with Crippen molar-refractivity contribution in [1.29, 1.82) is 0 Å². The molecule has 0 radical (unpaired) electrons. The molecule has 2 aromatic heterocycles. The molecule has 12 atom stereocenters. The Morgan fingerprint density at radius 1 is 1.12 bits per heavy atom. The Balaban J connectivity index is 1.35. The number of hydrogen-bond acceptors (Lipinski definition) is 8. The lowest BCUT2D eigenvalue weighted by Crippen LogP contribution is -2.69. The van der Waals surface area contributed by atoms with Crippen molar-refractivity contribution in [1.82, 2.24) is 19.7 Å². The summed E-state index contributed by atoms with van der Waals surface area (Å²) in [5.41, 5.74) is 6.59. The summed E-state index contributed by atoms with van der Waals surface area (Å²) in [6, 6.07) is -0.103. The van der Waals surface area contributed by atoms with Crippen LogP contribution in [0, 0.1) is 62.6 Å². The van der Waals surface area contributed by atoms with Crippen molar-refractivity contribution >= 4 is 17.3 Å². The maximum absolute atomic E-state index is 13.5. The SMILES string of the molecule is CC(C)[C@@H](C)[C@@]1(C)CC[C@]2(C)[C@H]3CC[C@@H]4[C@@]5(COC[C@@]4(C)[C@@H](OC[C@](C)(N)C(C)C)[C@H](n4ncnc4-c4nccs4)C5)C3=CC[C@@]2(C)[C@@H]1C(=O)O. The highest BCUT2D eigenvalue weighted by Gasteiger charge is 2.72. The number of aliphatic carboxylic acids is 1. The second kappa shape index (κ2) is 12.5. The summed E-state index contributed by atoms with van der Waals surface area (Å²) in [6.45, 7) is 24.4. The number of allylic oxidation sites excluding steroid dienone is 1. The van der Waals surface area contributed by atoms with E-state index < -0.39 is 17.4 Å². The number of carboxylic acids is 1. The predicted molar refractivity (Wildman–Crippen MR) is 201 cm³/mol. The summed E-state index contributed by atoms with van der Waals surface area (Å²) >= 11 is 1.58. The zero-order chi connectivity index (χ0) is 36.9. The molecule has 5 aliphatic rings. The van der Waals surface area contributed by atoms with Crippen molar-refractivity contribution in [3.63, 3.8) is 0 Å². The molecule has 1 aliphatic heterocycles. The van der Waals surface area contributed by atoms with Crippen LogP contribution in [0.15, 0.2) is 29.6 Å². The van der Waals surface area contributed by atoms with Crippen LogP contribution in [-0.2, 0) is 14.3 Å². The average Bonchev–Trinajstić information content (AvgIpc) is 3.76. The number of nitrogens with two attached hydrogens (primary N) is 1. The molecular weight excluding hydrogens is 659 g/mol. The molecule has 7 rings (SSSR count). The van der Waals surface area contributed by atoms with Gasteiger partial charge in [0.05, 0.1) is 37.9 Å². The predicted octanol–water partition coefficient (Wildman–Crippen LogP) is 8.29. The molecule has 3 N–H and O–H groups in total. The smallest absolute Gasteiger partial charge is 0.307 e. The average molecular weight is 722 g/mol. The summed E-state index contributed by atoms with van der Waals surface area (Å²) in [5.74, 6) is 1.37. The van der Waals surface area contributed by atoms with Gasteiger partial charge in [0.1, 0.15) is 6.33 Å². The molecule has 10 heteroatoms. The molecule has 0 amide bonds. The molecule has 0 unspecified atom stereocenters. The molecule has 3 heterocycles. The first-order valence-electron chi connectivity index (χ1n) is 19.6. The van der Waals surface area contributed by atoms with E-state index in [-0.39, 0.29) is 45.1 Å². The van der Waals surface area contributed by atoms with E-state index in [4.69, 9.17) is 25.3 Å². The number of nitrogens with zero attached hydrogens (tertiary/aromatic N) is 4. The Labute approximate surface area is 309 Å². The van der Waals surface area contributed by atoms with Crippen LogP contribution in [0.25, 0.3) is 10.8 Å². The Morgan fingerprint density at radius 2 is 1.86 bits per heavy atom. The highest BCUT2D eigenvalue weighted by Crippen LogP contribution is 2.75. The summed E-state index contributed by atoms with van der Waals surface area (Å²) < 4.78 is 16.0. The third-order valence-corrected chi connectivity index (χ3v) is 17.3. The first-order valence-corrected chi connectivity index (χ1v) is 20.5. The van der Waals surface area contributed by atoms with E-state index in [0.717, 1.165) is 49.4 Å². The molecular formula is C41H63N5O4S. The van der Waals surface area contributed by atoms with Gasteiger partial charge in [0, 0.05) is 27.9 Å². The van der Waals surface area contributed by atoms with Gasteiger partial charge < -0.3 is 20.3 Å². The molecule has 4 fully saturated rings. The highest BCUT2D eigenvalue weighted by atomic mass is 32.1. The maximum atomic E-state index is 13.5. The quantitative estimate of drug-likeness (QED) is 0.248. The second-order valence-electron chi connectivity index (χ2n) is 19.4. The topological polar surface area (TPSA) is 125 Å². The van der Waals surface area contributed by atoms with Crippen LogP contribution >= 0.6 is 11.3 Å². The maximum Gasteiger partial charge on any atom is 0.307 e. The number of carbonyl (C=O) groups is 1. The minimum atomic E-state index is -0.623. The molecule has 2 bridgehead atoms. The van der Waals surface area contributed by atoms with Gasteiger partial charge in [-0.05, 0) is 91.3 Å². The van der Waals surface area contributed by atoms with Gasteiger partial charge in [-0.25, -0.2) is 14.6 Å². The normalized spacial score (nSPS) is 42.4. The van der Waals surface area contributed by atoms with Crippen LogP contribution in [0.1, 0.15) is 114 Å². The van der Waals surface area contributed by atoms with Crippen LogP contribution < -0.4 is 5.73 Å². The zero-order valence-electron chi connectivity index (χ0n) is 32.7. The van der Waals surface area contributed by atoms with Crippen molar-refractivity contribution in [2.24, 2.45) is 68.3 Å². The first-order chi connectivity index (χ1) is 23.9. The summed E-state index contributed by atoms with van der Waals surface area (Å²) in [6.07, 6.45) is 11.5. The molecule has 9 nitrogen and oxygen atoms in total. The molecule has 4 aliphatic carbocycles. The molecule has 2 aromatic rings. The Hall–Kier alpha value is -2.14. The Morgan fingerprint density at radius 3 is 2.51 bits per heavy atom. The van der Waals surface area contributed by atoms with E-state index in [2.05, 4.69) is 85.0 Å². The lowest BCUT2D eigenvalue weighted by Gasteiger charge is -2.71. The standard InChI is InChI=1S/C41H63N5O4S/c1-24(2)26(5)36(6)15-16-38(8)27-11-12-30-37(7)20-49-22-41(30,28(27)13-14-39(38,9)31(36)35(47)48)19-29(32(37)50-21-40(10,42)25(3)4)46-33(44-23-45-46)34-43-17-18-51-34/h13,17-18,23-27,29-32H,11-12,14-16,19-22,42H2,1-10H3,(H,47,48)/t26-,27+,29-,30+,31-,32+,36-,37-,38-,39+,40+,41+/m1/s1. The Bertz CT molecular complexity index is 1650. The monoisotopic (exact) mass is 721 g/mol. The molecule has 51 heavy (non-hydrogen) atoms. The van der Waals surface area contributed by atoms with Crippen molar-refractivity contribution in [2.45, 2.75) is 125 Å². The number of hydrogen-bond donors (Lipinski definition) is 2. The second-order valence-corrected chi connectivity index (χ2v) is 20.3. The van der Waals surface area contributed by atoms with Crippen LogP contribution in [0.2, 0.25) is 0 Å². The first kappa shape index (κ1) is 37.2. The molecule has 1 saturated heterocycles. The van der Waals surface area contributed by atoms with E-state index in [9.17, 15) is 9.90 Å². The number of thiazole rings is 1. The number of ether oxygens (including phenoxy) is 2. The number of rotatable bonds is 9. The van der Waals surface area contributed by atoms with Crippen LogP contribution in [0.4, 0.5) is 0 Å². The summed E-state index contributed by atoms with van der Waals surface area (Å²) in [4.78, 5) is 22.9. The fourth-order valence-electron chi connectivity index (χ4n) is 12.5. The van der Waals surface area contributed by atoms with Crippen molar-refractivity contribution < 1.29 is 19.4 Å². The van der Waals surface area contributed by atoms with Crippen LogP contribution in [0.5, 0.6) is 0 Å². The van der Waals surface area contributed by atoms with Gasteiger partial charge in [-0.1, -0.05) is 74.0 Å². The fourth-order valence-corrected chi connectivity index (χ4v) is 13.2. The van der Waals surface area contributed by atoms with Crippen molar-refractivity contribution in [2.75, 3.05) is 19.8 Å². The van der Waals surface area contributed by atoms with Crippen molar-refractivity contribution in [3.05, 3.63) is 29.6 Å². The van der Waals surface area contributed by atoms with Crippen molar-refractivity contribution in [3.8, 4) is 10.8 Å². The van der Waals surface area contributed by atoms with Gasteiger partial charge in [-0.2, -0.15) is 5.10 Å². The summed E-state index contributed by atoms with van der Waals surface area (Å²) in [5, 5.41) is 18.9. The van der Waals surface area contributed by atoms with E-state index in [1.54, 1.807) is 17.7 Å². The largest absolute Gasteiger partial charge is 0.481 e. The lowest BCUT2D eigenvalue weighted by molar-refractivity contribution is -0.252. The lowest BCUT2D eigenvalue weighted by atomic mass is 9.34. The van der Waals surface area contributed by atoms with Crippen LogP contribution in [0.3, 0.4) is 0 Å². The molecule has 3 saturated carbocycles. The number of carboxylic acid groups (broad SMARTS) is 1. The van der Waals surface area contributed by atoms with Gasteiger partial charge in [0.25, 0.3) is 0 Å². The van der Waals surface area contributed by atoms with Gasteiger partial charge in [0.2, 0.25) is 0 Å². The van der Waals surface area contributed by atoms with E-state index in [1.165, 1.54) is 5.57 Å². The number of aromatic nitrogens is 4. The summed E-state index contributed by atoms with van der Waals surface area (Å²) in [7, 11) is 0. The Kier molecular flexibility index (Phi) is 9.08. The van der Waals surface area contributed by atoms with Gasteiger partial charge in [0.15, 0.2) is 10.8 Å². The van der Waals surface area contributed by atoms with E-state index in [0.29, 0.717) is 43.5 Å². The van der Waals surface area contributed by atoms with Gasteiger partial charge in [-0.15, -0.1) is 11.3 Å².